The van der Waals surface area contributed by atoms with Crippen LogP contribution in [0.25, 0.3) is 0 Å². The molecule has 0 aromatic heterocycles. The van der Waals surface area contributed by atoms with E-state index in [1.54, 1.807) is 24.0 Å². The minimum Gasteiger partial charge on any atom is -0.444 e. The van der Waals surface area contributed by atoms with Crippen LogP contribution in [0.4, 0.5) is 4.79 Å². The fraction of sp³-hybridized carbons (Fsp3) is 0.600. The van der Waals surface area contributed by atoms with Gasteiger partial charge in [0.15, 0.2) is 0 Å². The molecule has 0 unspecified atom stereocenters. The quantitative estimate of drug-likeness (QED) is 0.838. The summed E-state index contributed by atoms with van der Waals surface area (Å²) in [5, 5.41) is 1.55. The van der Waals surface area contributed by atoms with E-state index in [9.17, 15) is 9.59 Å². The molecule has 0 radical (unpaired) electrons. The van der Waals surface area contributed by atoms with Gasteiger partial charge in [-0.25, -0.2) is 10.2 Å². The predicted octanol–water partition coefficient (Wildman–Crippen LogP) is 2.84. The Balaban J connectivity index is 2.15. The van der Waals surface area contributed by atoms with Gasteiger partial charge in [0.2, 0.25) is 5.91 Å². The maximum Gasteiger partial charge on any atom is 0.410 e. The number of amides is 2. The van der Waals surface area contributed by atoms with Gasteiger partial charge >= 0.3 is 6.09 Å². The fourth-order valence-corrected chi connectivity index (χ4v) is 3.35. The van der Waals surface area contributed by atoms with Gasteiger partial charge in [0.1, 0.15) is 5.60 Å². The third kappa shape index (κ3) is 4.97. The summed E-state index contributed by atoms with van der Waals surface area (Å²) in [4.78, 5) is 27.1. The van der Waals surface area contributed by atoms with Crippen LogP contribution in [0.15, 0.2) is 30.3 Å². The van der Waals surface area contributed by atoms with E-state index in [1.807, 2.05) is 39.0 Å². The van der Waals surface area contributed by atoms with Gasteiger partial charge in [-0.2, -0.15) is 0 Å². The third-order valence-electron chi connectivity index (χ3n) is 4.85. The molecule has 1 aromatic carbocycles. The molecule has 0 spiro atoms. The Morgan fingerprint density at radius 2 is 1.77 bits per heavy atom. The summed E-state index contributed by atoms with van der Waals surface area (Å²) in [5.74, 6) is 0.0627. The number of ether oxygens (including phenoxy) is 1. The van der Waals surface area contributed by atoms with E-state index in [2.05, 4.69) is 17.6 Å². The molecule has 26 heavy (non-hydrogen) atoms. The average molecular weight is 361 g/mol. The first kappa shape index (κ1) is 20.2. The Morgan fingerprint density at radius 1 is 1.19 bits per heavy atom. The number of rotatable bonds is 4. The van der Waals surface area contributed by atoms with Crippen LogP contribution in [-0.2, 0) is 16.0 Å². The van der Waals surface area contributed by atoms with Crippen molar-refractivity contribution >= 4 is 12.0 Å². The highest BCUT2D eigenvalue weighted by Crippen LogP contribution is 2.37. The third-order valence-corrected chi connectivity index (χ3v) is 4.85. The van der Waals surface area contributed by atoms with Crippen molar-refractivity contribution in [2.75, 3.05) is 27.2 Å². The van der Waals surface area contributed by atoms with Crippen molar-refractivity contribution in [1.29, 1.82) is 0 Å². The number of piperidine rings is 1. The molecule has 144 valence electrons. The second-order valence-electron chi connectivity index (χ2n) is 8.00. The van der Waals surface area contributed by atoms with Crippen LogP contribution in [0.5, 0.6) is 0 Å². The number of nitrogens with zero attached hydrogens (tertiary/aromatic N) is 2. The summed E-state index contributed by atoms with van der Waals surface area (Å²) in [7, 11) is 3.49. The van der Waals surface area contributed by atoms with Gasteiger partial charge in [-0.05, 0) is 45.6 Å². The van der Waals surface area contributed by atoms with Crippen LogP contribution >= 0.6 is 0 Å². The van der Waals surface area contributed by atoms with E-state index in [0.29, 0.717) is 32.4 Å². The van der Waals surface area contributed by atoms with Crippen molar-refractivity contribution in [1.82, 2.24) is 15.3 Å². The van der Waals surface area contributed by atoms with Gasteiger partial charge in [0.05, 0.1) is 5.41 Å². The number of hydrazine groups is 1. The van der Waals surface area contributed by atoms with E-state index >= 15 is 0 Å². The minimum atomic E-state index is -0.516. The first-order chi connectivity index (χ1) is 12.2. The smallest absolute Gasteiger partial charge is 0.410 e. The highest BCUT2D eigenvalue weighted by atomic mass is 16.6. The largest absolute Gasteiger partial charge is 0.444 e. The van der Waals surface area contributed by atoms with Crippen molar-refractivity contribution in [2.24, 2.45) is 5.41 Å². The van der Waals surface area contributed by atoms with E-state index in [-0.39, 0.29) is 12.0 Å². The van der Waals surface area contributed by atoms with Gasteiger partial charge in [-0.3, -0.25) is 9.80 Å². The standard InChI is InChI=1S/C20H31N3O3/c1-19(2,3)26-18(25)23-13-11-20(12-14-23,17(24)22(5)21-4)15-16-9-7-6-8-10-16/h6-10,21H,11-15H2,1-5H3. The molecule has 0 aliphatic carbocycles. The van der Waals surface area contributed by atoms with Crippen LogP contribution in [-0.4, -0.2) is 54.7 Å². The molecule has 0 atom stereocenters. The summed E-state index contributed by atoms with van der Waals surface area (Å²) in [6.07, 6.45) is 1.60. The van der Waals surface area contributed by atoms with E-state index in [4.69, 9.17) is 4.74 Å². The monoisotopic (exact) mass is 361 g/mol. The molecule has 1 aliphatic rings. The molecule has 1 heterocycles. The number of benzene rings is 1. The lowest BCUT2D eigenvalue weighted by molar-refractivity contribution is -0.146. The number of nitrogens with one attached hydrogen (secondary N) is 1. The molecule has 1 saturated heterocycles. The lowest BCUT2D eigenvalue weighted by atomic mass is 9.73. The summed E-state index contributed by atoms with van der Waals surface area (Å²) in [5.41, 5.74) is 3.02. The van der Waals surface area contributed by atoms with Crippen molar-refractivity contribution in [3.8, 4) is 0 Å². The van der Waals surface area contributed by atoms with Crippen molar-refractivity contribution < 1.29 is 14.3 Å². The number of likely N-dealkylation sites (tertiary alicyclic amines) is 1. The lowest BCUT2D eigenvalue weighted by Crippen LogP contribution is -2.54. The highest BCUT2D eigenvalue weighted by Gasteiger charge is 2.44. The molecule has 0 saturated carbocycles. The zero-order chi connectivity index (χ0) is 19.4. The Bertz CT molecular complexity index is 617. The molecule has 2 rings (SSSR count). The van der Waals surface area contributed by atoms with Gasteiger partial charge in [-0.1, -0.05) is 30.3 Å². The molecular weight excluding hydrogens is 330 g/mol. The number of hydrogen-bond donors (Lipinski definition) is 1. The van der Waals surface area contributed by atoms with E-state index in [1.165, 1.54) is 0 Å². The zero-order valence-corrected chi connectivity index (χ0v) is 16.5. The first-order valence-electron chi connectivity index (χ1n) is 9.14. The Hall–Kier alpha value is -2.08. The highest BCUT2D eigenvalue weighted by molar-refractivity contribution is 5.83. The molecular formula is C20H31N3O3. The van der Waals surface area contributed by atoms with Crippen molar-refractivity contribution in [3.63, 3.8) is 0 Å². The second kappa shape index (κ2) is 8.08. The Morgan fingerprint density at radius 3 is 2.27 bits per heavy atom. The van der Waals surface area contributed by atoms with Gasteiger partial charge < -0.3 is 9.64 Å². The van der Waals surface area contributed by atoms with Crippen molar-refractivity contribution in [2.45, 2.75) is 45.6 Å². The van der Waals surface area contributed by atoms with E-state index < -0.39 is 11.0 Å². The predicted molar refractivity (Wildman–Crippen MR) is 101 cm³/mol. The van der Waals surface area contributed by atoms with Crippen LogP contribution in [0, 0.1) is 5.41 Å². The average Bonchev–Trinajstić information content (AvgIpc) is 2.60. The Labute approximate surface area is 156 Å². The second-order valence-corrected chi connectivity index (χ2v) is 8.00. The fourth-order valence-electron chi connectivity index (χ4n) is 3.35. The number of hydrogen-bond acceptors (Lipinski definition) is 4. The van der Waals surface area contributed by atoms with E-state index in [0.717, 1.165) is 5.56 Å². The molecule has 0 bridgehead atoms. The number of carbonyl (C=O) groups is 2. The van der Waals surface area contributed by atoms with Crippen molar-refractivity contribution in [3.05, 3.63) is 35.9 Å². The van der Waals surface area contributed by atoms with Crippen LogP contribution in [0.3, 0.4) is 0 Å². The Kier molecular flexibility index (Phi) is 6.29. The van der Waals surface area contributed by atoms with Gasteiger partial charge in [0.25, 0.3) is 0 Å². The summed E-state index contributed by atoms with van der Waals surface area (Å²) < 4.78 is 5.47. The lowest BCUT2D eigenvalue weighted by Gasteiger charge is -2.42. The topological polar surface area (TPSA) is 61.9 Å². The molecule has 6 nitrogen and oxygen atoms in total. The molecule has 1 aliphatic heterocycles. The maximum atomic E-state index is 13.1. The molecule has 2 amide bonds. The first-order valence-corrected chi connectivity index (χ1v) is 9.14. The van der Waals surface area contributed by atoms with Crippen LogP contribution in [0.1, 0.15) is 39.2 Å². The molecule has 1 fully saturated rings. The van der Waals surface area contributed by atoms with Gasteiger partial charge in [-0.15, -0.1) is 0 Å². The summed E-state index contributed by atoms with van der Waals surface area (Å²) in [6, 6.07) is 10.1. The molecule has 6 heteroatoms. The molecule has 1 N–H and O–H groups in total. The summed E-state index contributed by atoms with van der Waals surface area (Å²) >= 11 is 0. The maximum absolute atomic E-state index is 13.1. The van der Waals surface area contributed by atoms with Crippen LogP contribution < -0.4 is 5.43 Å². The SMILES string of the molecule is CNN(C)C(=O)C1(Cc2ccccc2)CCN(C(=O)OC(C)(C)C)CC1. The van der Waals surface area contributed by atoms with Crippen LogP contribution in [0.2, 0.25) is 0 Å². The molecule has 1 aromatic rings. The number of carbonyl (C=O) groups excluding carboxylic acids is 2. The summed E-state index contributed by atoms with van der Waals surface area (Å²) in [6.45, 7) is 6.62. The minimum absolute atomic E-state index is 0.0627. The normalized spacial score (nSPS) is 16.9. The van der Waals surface area contributed by atoms with Gasteiger partial charge in [0, 0.05) is 27.2 Å². The zero-order valence-electron chi connectivity index (χ0n) is 16.5.